The van der Waals surface area contributed by atoms with E-state index in [9.17, 15) is 4.79 Å². The van der Waals surface area contributed by atoms with Crippen LogP contribution < -0.4 is 5.32 Å². The Bertz CT molecular complexity index is 493. The fourth-order valence-electron chi connectivity index (χ4n) is 3.64. The third-order valence-electron chi connectivity index (χ3n) is 4.75. The predicted octanol–water partition coefficient (Wildman–Crippen LogP) is 2.56. The molecule has 0 spiro atoms. The van der Waals surface area contributed by atoms with Gasteiger partial charge in [-0.15, -0.1) is 22.9 Å². The van der Waals surface area contributed by atoms with E-state index >= 15 is 0 Å². The maximum Gasteiger partial charge on any atom is 0.227 e. The Morgan fingerprint density at radius 3 is 2.81 bits per heavy atom. The normalized spacial score (nSPS) is 29.3. The Kier molecular flexibility index (Phi) is 4.82. The van der Waals surface area contributed by atoms with E-state index in [-0.39, 0.29) is 5.91 Å². The van der Waals surface area contributed by atoms with E-state index in [1.807, 2.05) is 5.38 Å². The summed E-state index contributed by atoms with van der Waals surface area (Å²) in [5, 5.41) is 6.00. The second-order valence-electron chi connectivity index (χ2n) is 6.18. The molecule has 1 amide bonds. The number of thiazole rings is 1. The number of rotatable bonds is 4. The average Bonchev–Trinajstić information content (AvgIpc) is 2.87. The molecular formula is C15H22ClN3OS. The number of halogens is 1. The molecule has 0 saturated carbocycles. The van der Waals surface area contributed by atoms with Gasteiger partial charge in [0.1, 0.15) is 5.01 Å². The van der Waals surface area contributed by atoms with Gasteiger partial charge in [0.05, 0.1) is 18.0 Å². The van der Waals surface area contributed by atoms with Crippen molar-refractivity contribution < 1.29 is 4.79 Å². The number of hydrogen-bond acceptors (Lipinski definition) is 4. The molecule has 0 radical (unpaired) electrons. The molecule has 2 unspecified atom stereocenters. The Morgan fingerprint density at radius 2 is 2.19 bits per heavy atom. The van der Waals surface area contributed by atoms with Crippen LogP contribution >= 0.6 is 22.9 Å². The molecule has 6 heteroatoms. The topological polar surface area (TPSA) is 45.2 Å². The van der Waals surface area contributed by atoms with E-state index in [1.165, 1.54) is 30.6 Å². The molecule has 3 rings (SSSR count). The number of alkyl halides is 1. The first-order chi connectivity index (χ1) is 10.2. The van der Waals surface area contributed by atoms with Crippen molar-refractivity contribution in [1.29, 1.82) is 0 Å². The van der Waals surface area contributed by atoms with Crippen LogP contribution in [0.25, 0.3) is 0 Å². The average molecular weight is 328 g/mol. The lowest BCUT2D eigenvalue weighted by molar-refractivity contribution is -0.121. The molecule has 0 aliphatic carbocycles. The lowest BCUT2D eigenvalue weighted by Crippen LogP contribution is -2.55. The lowest BCUT2D eigenvalue weighted by atomic mass is 9.82. The molecule has 2 atom stereocenters. The van der Waals surface area contributed by atoms with Gasteiger partial charge in [-0.05, 0) is 32.7 Å². The SMILES string of the molecule is CN1C2CCCC1CC(NC(=O)Cc1nc(CCl)cs1)C2. The van der Waals surface area contributed by atoms with E-state index in [4.69, 9.17) is 11.6 Å². The number of aromatic nitrogens is 1. The summed E-state index contributed by atoms with van der Waals surface area (Å²) in [6.45, 7) is 0. The van der Waals surface area contributed by atoms with Crippen LogP contribution in [0.2, 0.25) is 0 Å². The first-order valence-corrected chi connectivity index (χ1v) is 9.07. The maximum atomic E-state index is 12.2. The van der Waals surface area contributed by atoms with Crippen molar-refractivity contribution in [1.82, 2.24) is 15.2 Å². The van der Waals surface area contributed by atoms with Gasteiger partial charge in [-0.1, -0.05) is 6.42 Å². The Morgan fingerprint density at radius 1 is 1.48 bits per heavy atom. The zero-order valence-corrected chi connectivity index (χ0v) is 13.9. The number of carbonyl (C=O) groups is 1. The van der Waals surface area contributed by atoms with Gasteiger partial charge in [-0.3, -0.25) is 4.79 Å². The Labute approximate surface area is 134 Å². The van der Waals surface area contributed by atoms with E-state index in [0.29, 0.717) is 30.4 Å². The summed E-state index contributed by atoms with van der Waals surface area (Å²) in [6, 6.07) is 1.62. The third-order valence-corrected chi connectivity index (χ3v) is 5.92. The standard InChI is InChI=1S/C15H22ClN3OS/c1-19-12-3-2-4-13(19)6-10(5-12)17-14(20)7-15-18-11(8-16)9-21-15/h9-10,12-13H,2-8H2,1H3,(H,17,20). The summed E-state index contributed by atoms with van der Waals surface area (Å²) >= 11 is 7.26. The zero-order chi connectivity index (χ0) is 14.8. The molecule has 4 nitrogen and oxygen atoms in total. The first-order valence-electron chi connectivity index (χ1n) is 7.66. The second-order valence-corrected chi connectivity index (χ2v) is 7.39. The largest absolute Gasteiger partial charge is 0.353 e. The molecule has 1 N–H and O–H groups in total. The minimum Gasteiger partial charge on any atom is -0.353 e. The van der Waals surface area contributed by atoms with Crippen molar-refractivity contribution >= 4 is 28.8 Å². The molecule has 2 bridgehead atoms. The van der Waals surface area contributed by atoms with Crippen LogP contribution in [-0.4, -0.2) is 41.0 Å². The van der Waals surface area contributed by atoms with Crippen LogP contribution in [0.5, 0.6) is 0 Å². The molecular weight excluding hydrogens is 306 g/mol. The van der Waals surface area contributed by atoms with Crippen molar-refractivity contribution in [3.05, 3.63) is 16.1 Å². The minimum absolute atomic E-state index is 0.0955. The van der Waals surface area contributed by atoms with Crippen molar-refractivity contribution in [2.24, 2.45) is 0 Å². The quantitative estimate of drug-likeness (QED) is 0.864. The minimum atomic E-state index is 0.0955. The van der Waals surface area contributed by atoms with Crippen LogP contribution in [0.15, 0.2) is 5.38 Å². The predicted molar refractivity (Wildman–Crippen MR) is 85.7 cm³/mol. The Hall–Kier alpha value is -0.650. The number of nitrogens with one attached hydrogen (secondary N) is 1. The number of hydrogen-bond donors (Lipinski definition) is 1. The summed E-state index contributed by atoms with van der Waals surface area (Å²) in [6.07, 6.45) is 6.42. The van der Waals surface area contributed by atoms with E-state index in [0.717, 1.165) is 23.5 Å². The summed E-state index contributed by atoms with van der Waals surface area (Å²) in [5.41, 5.74) is 0.860. The maximum absolute atomic E-state index is 12.2. The molecule has 1 aromatic heterocycles. The van der Waals surface area contributed by atoms with E-state index in [2.05, 4.69) is 22.2 Å². The monoisotopic (exact) mass is 327 g/mol. The summed E-state index contributed by atoms with van der Waals surface area (Å²) < 4.78 is 0. The number of nitrogens with zero attached hydrogens (tertiary/aromatic N) is 2. The van der Waals surface area contributed by atoms with Gasteiger partial charge in [0.25, 0.3) is 0 Å². The molecule has 2 aliphatic rings. The number of fused-ring (bicyclic) bond motifs is 2. The summed E-state index contributed by atoms with van der Waals surface area (Å²) in [4.78, 5) is 19.1. The van der Waals surface area contributed by atoms with E-state index in [1.54, 1.807) is 0 Å². The number of carbonyl (C=O) groups excluding carboxylic acids is 1. The van der Waals surface area contributed by atoms with Crippen LogP contribution in [0.3, 0.4) is 0 Å². The molecule has 1 aromatic rings. The fraction of sp³-hybridized carbons (Fsp3) is 0.733. The van der Waals surface area contributed by atoms with Crippen LogP contribution in [-0.2, 0) is 17.1 Å². The summed E-state index contributed by atoms with van der Waals surface area (Å²) in [5.74, 6) is 0.509. The number of piperidine rings is 2. The van der Waals surface area contributed by atoms with Crippen LogP contribution in [0.1, 0.15) is 42.8 Å². The fourth-order valence-corrected chi connectivity index (χ4v) is 4.66. The highest BCUT2D eigenvalue weighted by Crippen LogP contribution is 2.32. The zero-order valence-electron chi connectivity index (χ0n) is 12.3. The lowest BCUT2D eigenvalue weighted by Gasteiger charge is -2.47. The van der Waals surface area contributed by atoms with Gasteiger partial charge in [-0.2, -0.15) is 0 Å². The van der Waals surface area contributed by atoms with Crippen LogP contribution in [0, 0.1) is 0 Å². The highest BCUT2D eigenvalue weighted by molar-refractivity contribution is 7.09. The van der Waals surface area contributed by atoms with Gasteiger partial charge in [0.2, 0.25) is 5.91 Å². The van der Waals surface area contributed by atoms with Crippen molar-refractivity contribution in [3.63, 3.8) is 0 Å². The molecule has 116 valence electrons. The molecule has 21 heavy (non-hydrogen) atoms. The van der Waals surface area contributed by atoms with Crippen LogP contribution in [0.4, 0.5) is 0 Å². The van der Waals surface area contributed by atoms with Crippen molar-refractivity contribution in [3.8, 4) is 0 Å². The highest BCUT2D eigenvalue weighted by Gasteiger charge is 2.36. The van der Waals surface area contributed by atoms with Gasteiger partial charge in [-0.25, -0.2) is 4.98 Å². The summed E-state index contributed by atoms with van der Waals surface area (Å²) in [7, 11) is 2.23. The smallest absolute Gasteiger partial charge is 0.227 e. The Balaban J connectivity index is 1.53. The third kappa shape index (κ3) is 3.58. The van der Waals surface area contributed by atoms with Gasteiger partial charge in [0.15, 0.2) is 0 Å². The van der Waals surface area contributed by atoms with E-state index < -0.39 is 0 Å². The van der Waals surface area contributed by atoms with Crippen molar-refractivity contribution in [2.45, 2.75) is 62.5 Å². The molecule has 2 fully saturated rings. The highest BCUT2D eigenvalue weighted by atomic mass is 35.5. The molecule has 3 heterocycles. The number of amides is 1. The van der Waals surface area contributed by atoms with Crippen molar-refractivity contribution in [2.75, 3.05) is 7.05 Å². The molecule has 2 saturated heterocycles. The first kappa shape index (κ1) is 15.3. The second kappa shape index (κ2) is 6.63. The molecule has 0 aromatic carbocycles. The van der Waals surface area contributed by atoms with Gasteiger partial charge >= 0.3 is 0 Å². The van der Waals surface area contributed by atoms with Gasteiger partial charge < -0.3 is 10.2 Å². The molecule has 2 aliphatic heterocycles. The van der Waals surface area contributed by atoms with Gasteiger partial charge in [0, 0.05) is 23.5 Å².